The number of rotatable bonds is 3. The molecule has 2 heteroatoms. The van der Waals surface area contributed by atoms with Crippen molar-refractivity contribution in [2.45, 2.75) is 34.1 Å². The molecule has 0 N–H and O–H groups in total. The molecule has 0 amide bonds. The van der Waals surface area contributed by atoms with E-state index < -0.39 is 5.97 Å². The van der Waals surface area contributed by atoms with Crippen LogP contribution in [-0.2, 0) is 9.53 Å². The zero-order valence-electron chi connectivity index (χ0n) is 8.89. The number of terminal acetylenes is 1. The van der Waals surface area contributed by atoms with Crippen molar-refractivity contribution in [3.63, 3.8) is 0 Å². The fourth-order valence-corrected chi connectivity index (χ4v) is 1.36. The summed E-state index contributed by atoms with van der Waals surface area (Å²) in [4.78, 5) is 10.6. The molecule has 1 atom stereocenters. The van der Waals surface area contributed by atoms with Gasteiger partial charge in [-0.2, -0.15) is 0 Å². The normalized spacial score (nSPS) is 13.2. The van der Waals surface area contributed by atoms with Gasteiger partial charge in [0.15, 0.2) is 0 Å². The molecule has 13 heavy (non-hydrogen) atoms. The SMILES string of the molecule is C#CC(=O)OCC(C)CC(C)(C)C. The van der Waals surface area contributed by atoms with E-state index in [1.54, 1.807) is 0 Å². The molecule has 0 aromatic rings. The van der Waals surface area contributed by atoms with E-state index in [4.69, 9.17) is 11.2 Å². The molecule has 0 aliphatic carbocycles. The van der Waals surface area contributed by atoms with Crippen LogP contribution in [0.25, 0.3) is 0 Å². The van der Waals surface area contributed by atoms with Gasteiger partial charge in [0.25, 0.3) is 0 Å². The van der Waals surface area contributed by atoms with Crippen LogP contribution in [0.3, 0.4) is 0 Å². The van der Waals surface area contributed by atoms with Crippen LogP contribution in [0.1, 0.15) is 34.1 Å². The maximum absolute atomic E-state index is 10.6. The summed E-state index contributed by atoms with van der Waals surface area (Å²) in [5.41, 5.74) is 0.266. The Hall–Kier alpha value is -0.970. The molecule has 0 saturated carbocycles. The van der Waals surface area contributed by atoms with Crippen molar-refractivity contribution in [1.29, 1.82) is 0 Å². The van der Waals surface area contributed by atoms with Crippen LogP contribution in [0.15, 0.2) is 0 Å². The van der Waals surface area contributed by atoms with Gasteiger partial charge >= 0.3 is 5.97 Å². The third-order valence-corrected chi connectivity index (χ3v) is 1.58. The molecule has 0 aromatic carbocycles. The van der Waals surface area contributed by atoms with Crippen molar-refractivity contribution < 1.29 is 9.53 Å². The first-order valence-corrected chi connectivity index (χ1v) is 4.48. The molecule has 0 heterocycles. The zero-order chi connectivity index (χ0) is 10.5. The second-order valence-electron chi connectivity index (χ2n) is 4.61. The minimum Gasteiger partial charge on any atom is -0.456 e. The molecule has 0 radical (unpaired) electrons. The molecule has 74 valence electrons. The van der Waals surface area contributed by atoms with Crippen molar-refractivity contribution in [1.82, 2.24) is 0 Å². The van der Waals surface area contributed by atoms with E-state index in [-0.39, 0.29) is 5.41 Å². The topological polar surface area (TPSA) is 26.3 Å². The van der Waals surface area contributed by atoms with Gasteiger partial charge in [0.2, 0.25) is 0 Å². The molecule has 0 bridgehead atoms. The van der Waals surface area contributed by atoms with Crippen LogP contribution in [0, 0.1) is 23.7 Å². The predicted molar refractivity (Wildman–Crippen MR) is 53.0 cm³/mol. The summed E-state index contributed by atoms with van der Waals surface area (Å²) < 4.78 is 4.82. The molecule has 1 unspecified atom stereocenters. The second-order valence-corrected chi connectivity index (χ2v) is 4.61. The number of carbonyl (C=O) groups is 1. The van der Waals surface area contributed by atoms with Crippen molar-refractivity contribution in [2.24, 2.45) is 11.3 Å². The van der Waals surface area contributed by atoms with Gasteiger partial charge < -0.3 is 4.74 Å². The Labute approximate surface area is 80.7 Å². The molecule has 0 spiro atoms. The highest BCUT2D eigenvalue weighted by atomic mass is 16.5. The second kappa shape index (κ2) is 4.91. The Balaban J connectivity index is 3.71. The monoisotopic (exact) mass is 182 g/mol. The summed E-state index contributed by atoms with van der Waals surface area (Å²) in [5.74, 6) is 1.71. The highest BCUT2D eigenvalue weighted by Crippen LogP contribution is 2.24. The lowest BCUT2D eigenvalue weighted by Gasteiger charge is -2.22. The summed E-state index contributed by atoms with van der Waals surface area (Å²) >= 11 is 0. The highest BCUT2D eigenvalue weighted by Gasteiger charge is 2.16. The van der Waals surface area contributed by atoms with E-state index in [9.17, 15) is 4.79 Å². The Morgan fingerprint density at radius 2 is 2.08 bits per heavy atom. The lowest BCUT2D eigenvalue weighted by molar-refractivity contribution is -0.138. The number of esters is 1. The Kier molecular flexibility index (Phi) is 4.55. The highest BCUT2D eigenvalue weighted by molar-refractivity contribution is 5.87. The molecule has 0 aromatic heterocycles. The van der Waals surface area contributed by atoms with Crippen LogP contribution in [0.2, 0.25) is 0 Å². The predicted octanol–water partition coefficient (Wildman–Crippen LogP) is 2.24. The maximum Gasteiger partial charge on any atom is 0.384 e. The number of hydrogen-bond donors (Lipinski definition) is 0. The molecular weight excluding hydrogens is 164 g/mol. The Morgan fingerprint density at radius 3 is 2.46 bits per heavy atom. The van der Waals surface area contributed by atoms with Crippen LogP contribution < -0.4 is 0 Å². The minimum atomic E-state index is -0.569. The van der Waals surface area contributed by atoms with Gasteiger partial charge in [-0.3, -0.25) is 0 Å². The van der Waals surface area contributed by atoms with Crippen LogP contribution >= 0.6 is 0 Å². The average Bonchev–Trinajstić information content (AvgIpc) is 1.97. The van der Waals surface area contributed by atoms with E-state index in [0.717, 1.165) is 6.42 Å². The van der Waals surface area contributed by atoms with Crippen LogP contribution in [0.4, 0.5) is 0 Å². The van der Waals surface area contributed by atoms with E-state index >= 15 is 0 Å². The minimum absolute atomic E-state index is 0.266. The third kappa shape index (κ3) is 7.39. The van der Waals surface area contributed by atoms with E-state index in [2.05, 4.69) is 27.7 Å². The van der Waals surface area contributed by atoms with Gasteiger partial charge in [0.1, 0.15) is 0 Å². The van der Waals surface area contributed by atoms with Gasteiger partial charge in [0.05, 0.1) is 6.61 Å². The van der Waals surface area contributed by atoms with Crippen molar-refractivity contribution >= 4 is 5.97 Å². The van der Waals surface area contributed by atoms with Gasteiger partial charge in [-0.1, -0.05) is 27.7 Å². The standard InChI is InChI=1S/C11H18O2/c1-6-10(12)13-8-9(2)7-11(3,4)5/h1,9H,7-8H2,2-5H3. The first-order chi connectivity index (χ1) is 5.85. The molecule has 0 rings (SSSR count). The molecule has 0 fully saturated rings. The Morgan fingerprint density at radius 1 is 1.54 bits per heavy atom. The first kappa shape index (κ1) is 12.0. The third-order valence-electron chi connectivity index (χ3n) is 1.58. The number of hydrogen-bond acceptors (Lipinski definition) is 2. The van der Waals surface area contributed by atoms with Gasteiger partial charge in [0, 0.05) is 5.92 Å². The van der Waals surface area contributed by atoms with Gasteiger partial charge in [-0.05, 0) is 17.8 Å². The van der Waals surface area contributed by atoms with Crippen molar-refractivity contribution in [3.8, 4) is 12.3 Å². The molecular formula is C11H18O2. The van der Waals surface area contributed by atoms with Gasteiger partial charge in [-0.15, -0.1) is 6.42 Å². The summed E-state index contributed by atoms with van der Waals surface area (Å²) in [7, 11) is 0. The summed E-state index contributed by atoms with van der Waals surface area (Å²) in [6, 6.07) is 0. The summed E-state index contributed by atoms with van der Waals surface area (Å²) in [6.07, 6.45) is 5.88. The van der Waals surface area contributed by atoms with Crippen LogP contribution in [-0.4, -0.2) is 12.6 Å². The van der Waals surface area contributed by atoms with E-state index in [0.29, 0.717) is 12.5 Å². The average molecular weight is 182 g/mol. The first-order valence-electron chi connectivity index (χ1n) is 4.48. The fourth-order valence-electron chi connectivity index (χ4n) is 1.36. The summed E-state index contributed by atoms with van der Waals surface area (Å²) in [6.45, 7) is 8.95. The zero-order valence-corrected chi connectivity index (χ0v) is 8.89. The van der Waals surface area contributed by atoms with E-state index in [1.165, 1.54) is 0 Å². The largest absolute Gasteiger partial charge is 0.456 e. The smallest absolute Gasteiger partial charge is 0.384 e. The van der Waals surface area contributed by atoms with Crippen LogP contribution in [0.5, 0.6) is 0 Å². The van der Waals surface area contributed by atoms with E-state index in [1.807, 2.05) is 5.92 Å². The van der Waals surface area contributed by atoms with Crippen molar-refractivity contribution in [2.75, 3.05) is 6.61 Å². The quantitative estimate of drug-likeness (QED) is 0.380. The maximum atomic E-state index is 10.6. The summed E-state index contributed by atoms with van der Waals surface area (Å²) in [5, 5.41) is 0. The molecule has 0 aliphatic rings. The molecule has 0 saturated heterocycles. The molecule has 0 aliphatic heterocycles. The van der Waals surface area contributed by atoms with Crippen molar-refractivity contribution in [3.05, 3.63) is 0 Å². The fraction of sp³-hybridized carbons (Fsp3) is 0.727. The lowest BCUT2D eigenvalue weighted by Crippen LogP contribution is -2.17. The number of ether oxygens (including phenoxy) is 1. The van der Waals surface area contributed by atoms with Gasteiger partial charge in [-0.25, -0.2) is 4.79 Å². The lowest BCUT2D eigenvalue weighted by atomic mass is 9.86. The molecule has 2 nitrogen and oxygen atoms in total. The Bertz CT molecular complexity index is 205. The number of carbonyl (C=O) groups excluding carboxylic acids is 1.